The van der Waals surface area contributed by atoms with E-state index in [1.807, 2.05) is 12.1 Å². The molecule has 1 rings (SSSR count). The standard InChI is InChI=1S/C11H16BrN.ClH/c1-11(2,3)10(13)8-5-4-6-9(12)7-8;/h4-7,10H,13H2,1-3H3;1H. The number of benzene rings is 1. The van der Waals surface area contributed by atoms with Crippen LogP contribution in [-0.2, 0) is 0 Å². The highest BCUT2D eigenvalue weighted by molar-refractivity contribution is 9.10. The average molecular weight is 279 g/mol. The highest BCUT2D eigenvalue weighted by atomic mass is 79.9. The Kier molecular flexibility index (Phi) is 5.13. The molecule has 0 amide bonds. The van der Waals surface area contributed by atoms with E-state index < -0.39 is 0 Å². The molecule has 14 heavy (non-hydrogen) atoms. The van der Waals surface area contributed by atoms with Gasteiger partial charge in [-0.3, -0.25) is 0 Å². The van der Waals surface area contributed by atoms with Gasteiger partial charge in [0.2, 0.25) is 0 Å². The minimum Gasteiger partial charge on any atom is -0.324 e. The Morgan fingerprint density at radius 2 is 1.86 bits per heavy atom. The molecule has 2 N–H and O–H groups in total. The van der Waals surface area contributed by atoms with E-state index in [4.69, 9.17) is 5.73 Å². The first-order valence-corrected chi connectivity index (χ1v) is 5.21. The number of halogens is 2. The van der Waals surface area contributed by atoms with Crippen molar-refractivity contribution in [1.82, 2.24) is 0 Å². The van der Waals surface area contributed by atoms with Crippen molar-refractivity contribution in [3.05, 3.63) is 34.3 Å². The second-order valence-corrected chi connectivity index (χ2v) is 5.31. The minimum atomic E-state index is 0. The van der Waals surface area contributed by atoms with Crippen molar-refractivity contribution in [2.75, 3.05) is 0 Å². The third kappa shape index (κ3) is 3.60. The van der Waals surface area contributed by atoms with Gasteiger partial charge in [-0.2, -0.15) is 0 Å². The van der Waals surface area contributed by atoms with Gasteiger partial charge in [0.05, 0.1) is 0 Å². The van der Waals surface area contributed by atoms with Crippen LogP contribution in [0.5, 0.6) is 0 Å². The molecule has 0 saturated heterocycles. The van der Waals surface area contributed by atoms with Crippen LogP contribution in [0.25, 0.3) is 0 Å². The molecule has 0 saturated carbocycles. The maximum atomic E-state index is 6.12. The van der Waals surface area contributed by atoms with Gasteiger partial charge < -0.3 is 5.73 Å². The number of rotatable bonds is 1. The van der Waals surface area contributed by atoms with Gasteiger partial charge in [-0.05, 0) is 23.1 Å². The molecule has 0 aromatic heterocycles. The summed E-state index contributed by atoms with van der Waals surface area (Å²) in [6, 6.07) is 8.27. The summed E-state index contributed by atoms with van der Waals surface area (Å²) in [5, 5.41) is 0. The van der Waals surface area contributed by atoms with Gasteiger partial charge in [0.15, 0.2) is 0 Å². The Bertz CT molecular complexity index is 294. The van der Waals surface area contributed by atoms with Crippen molar-refractivity contribution in [2.24, 2.45) is 11.1 Å². The second-order valence-electron chi connectivity index (χ2n) is 4.40. The molecule has 0 fully saturated rings. The Morgan fingerprint density at radius 3 is 2.29 bits per heavy atom. The zero-order valence-electron chi connectivity index (χ0n) is 8.75. The summed E-state index contributed by atoms with van der Waals surface area (Å²) in [6.45, 7) is 6.45. The first-order valence-electron chi connectivity index (χ1n) is 4.42. The lowest BCUT2D eigenvalue weighted by Gasteiger charge is -2.27. The van der Waals surface area contributed by atoms with Crippen molar-refractivity contribution in [1.29, 1.82) is 0 Å². The molecular formula is C11H17BrClN. The van der Waals surface area contributed by atoms with E-state index in [1.54, 1.807) is 0 Å². The molecule has 1 aromatic carbocycles. The molecule has 1 nitrogen and oxygen atoms in total. The topological polar surface area (TPSA) is 26.0 Å². The minimum absolute atomic E-state index is 0. The van der Waals surface area contributed by atoms with Crippen molar-refractivity contribution in [2.45, 2.75) is 26.8 Å². The van der Waals surface area contributed by atoms with Gasteiger partial charge in [0, 0.05) is 10.5 Å². The molecule has 0 heterocycles. The first kappa shape index (κ1) is 13.9. The number of hydrogen-bond donors (Lipinski definition) is 1. The molecule has 0 bridgehead atoms. The van der Waals surface area contributed by atoms with Crippen molar-refractivity contribution >= 4 is 28.3 Å². The normalized spacial score (nSPS) is 13.2. The average Bonchev–Trinajstić information content (AvgIpc) is 2.01. The van der Waals surface area contributed by atoms with E-state index in [0.29, 0.717) is 0 Å². The number of hydrogen-bond acceptors (Lipinski definition) is 1. The fraction of sp³-hybridized carbons (Fsp3) is 0.455. The summed E-state index contributed by atoms with van der Waals surface area (Å²) in [5.41, 5.74) is 7.41. The summed E-state index contributed by atoms with van der Waals surface area (Å²) in [6.07, 6.45) is 0. The van der Waals surface area contributed by atoms with Crippen molar-refractivity contribution in [3.63, 3.8) is 0 Å². The van der Waals surface area contributed by atoms with Gasteiger partial charge in [0.25, 0.3) is 0 Å². The molecule has 1 aromatic rings. The summed E-state index contributed by atoms with van der Waals surface area (Å²) < 4.78 is 1.09. The second kappa shape index (κ2) is 5.15. The van der Waals surface area contributed by atoms with Gasteiger partial charge in [-0.1, -0.05) is 48.8 Å². The lowest BCUT2D eigenvalue weighted by Crippen LogP contribution is -2.26. The molecule has 80 valence electrons. The van der Waals surface area contributed by atoms with E-state index >= 15 is 0 Å². The third-order valence-electron chi connectivity index (χ3n) is 2.14. The highest BCUT2D eigenvalue weighted by Gasteiger charge is 2.21. The molecule has 0 aliphatic rings. The molecule has 0 aliphatic carbocycles. The molecule has 0 aliphatic heterocycles. The van der Waals surface area contributed by atoms with Crippen molar-refractivity contribution in [3.8, 4) is 0 Å². The van der Waals surface area contributed by atoms with Crippen LogP contribution in [0.4, 0.5) is 0 Å². The van der Waals surface area contributed by atoms with Crippen LogP contribution >= 0.6 is 28.3 Å². The van der Waals surface area contributed by atoms with Crippen LogP contribution in [0.15, 0.2) is 28.7 Å². The predicted molar refractivity (Wildman–Crippen MR) is 67.8 cm³/mol. The lowest BCUT2D eigenvalue weighted by molar-refractivity contribution is 0.327. The monoisotopic (exact) mass is 277 g/mol. The summed E-state index contributed by atoms with van der Waals surface area (Å²) >= 11 is 3.44. The zero-order chi connectivity index (χ0) is 10.1. The van der Waals surface area contributed by atoms with E-state index in [2.05, 4.69) is 48.8 Å². The van der Waals surface area contributed by atoms with Crippen LogP contribution in [-0.4, -0.2) is 0 Å². The van der Waals surface area contributed by atoms with Gasteiger partial charge >= 0.3 is 0 Å². The summed E-state index contributed by atoms with van der Waals surface area (Å²) in [5.74, 6) is 0. The van der Waals surface area contributed by atoms with E-state index in [9.17, 15) is 0 Å². The predicted octanol–water partition coefficient (Wildman–Crippen LogP) is 3.92. The molecule has 0 radical (unpaired) electrons. The Balaban J connectivity index is 0.00000169. The lowest BCUT2D eigenvalue weighted by atomic mass is 9.83. The molecule has 1 unspecified atom stereocenters. The highest BCUT2D eigenvalue weighted by Crippen LogP contribution is 2.31. The van der Waals surface area contributed by atoms with E-state index in [1.165, 1.54) is 5.56 Å². The number of nitrogens with two attached hydrogens (primary N) is 1. The van der Waals surface area contributed by atoms with Crippen molar-refractivity contribution < 1.29 is 0 Å². The quantitative estimate of drug-likeness (QED) is 0.828. The Morgan fingerprint density at radius 1 is 1.29 bits per heavy atom. The Labute approximate surface area is 101 Å². The fourth-order valence-corrected chi connectivity index (χ4v) is 1.62. The van der Waals surface area contributed by atoms with Crippen LogP contribution in [0.2, 0.25) is 0 Å². The fourth-order valence-electron chi connectivity index (χ4n) is 1.20. The zero-order valence-corrected chi connectivity index (χ0v) is 11.2. The third-order valence-corrected chi connectivity index (χ3v) is 2.63. The van der Waals surface area contributed by atoms with Crippen LogP contribution < -0.4 is 5.73 Å². The molecule has 3 heteroatoms. The molecular weight excluding hydrogens is 261 g/mol. The summed E-state index contributed by atoms with van der Waals surface area (Å²) in [4.78, 5) is 0. The van der Waals surface area contributed by atoms with Crippen LogP contribution in [0.1, 0.15) is 32.4 Å². The van der Waals surface area contributed by atoms with Crippen LogP contribution in [0, 0.1) is 5.41 Å². The first-order chi connectivity index (χ1) is 5.91. The van der Waals surface area contributed by atoms with Gasteiger partial charge in [-0.25, -0.2) is 0 Å². The van der Waals surface area contributed by atoms with Gasteiger partial charge in [-0.15, -0.1) is 12.4 Å². The SMILES string of the molecule is CC(C)(C)C(N)c1cccc(Br)c1.Cl. The molecule has 1 atom stereocenters. The maximum absolute atomic E-state index is 6.12. The van der Waals surface area contributed by atoms with Crippen LogP contribution in [0.3, 0.4) is 0 Å². The molecule has 0 spiro atoms. The van der Waals surface area contributed by atoms with Gasteiger partial charge in [0.1, 0.15) is 0 Å². The summed E-state index contributed by atoms with van der Waals surface area (Å²) in [7, 11) is 0. The Hall–Kier alpha value is -0.0500. The van der Waals surface area contributed by atoms with E-state index in [-0.39, 0.29) is 23.9 Å². The largest absolute Gasteiger partial charge is 0.324 e. The maximum Gasteiger partial charge on any atom is 0.0344 e. The van der Waals surface area contributed by atoms with E-state index in [0.717, 1.165) is 4.47 Å². The smallest absolute Gasteiger partial charge is 0.0344 e.